The number of methoxy groups -OCH3 is 1. The SMILES string of the molecule is COc1ccc(C(=O)N(Cc2cc(NC(=O)C3CCCC3)ccc2N(C)C)CC2CCCO2)cc1. The number of hydrogen-bond acceptors (Lipinski definition) is 5. The number of benzene rings is 2. The summed E-state index contributed by atoms with van der Waals surface area (Å²) in [6.07, 6.45) is 6.15. The first kappa shape index (κ1) is 25.0. The van der Waals surface area contributed by atoms with Crippen molar-refractivity contribution in [2.75, 3.05) is 44.6 Å². The summed E-state index contributed by atoms with van der Waals surface area (Å²) < 4.78 is 11.1. The molecule has 0 aromatic heterocycles. The van der Waals surface area contributed by atoms with Crippen LogP contribution in [0.1, 0.15) is 54.4 Å². The number of rotatable bonds is 9. The van der Waals surface area contributed by atoms with E-state index in [0.717, 1.165) is 62.1 Å². The molecule has 1 heterocycles. The molecule has 1 N–H and O–H groups in total. The monoisotopic (exact) mass is 479 g/mol. The van der Waals surface area contributed by atoms with Gasteiger partial charge in [-0.15, -0.1) is 0 Å². The second kappa shape index (κ2) is 11.6. The van der Waals surface area contributed by atoms with Gasteiger partial charge in [0.2, 0.25) is 5.91 Å². The molecule has 1 atom stereocenters. The molecule has 188 valence electrons. The second-order valence-corrected chi connectivity index (χ2v) is 9.76. The lowest BCUT2D eigenvalue weighted by Crippen LogP contribution is -2.37. The van der Waals surface area contributed by atoms with Crippen molar-refractivity contribution in [1.82, 2.24) is 4.90 Å². The van der Waals surface area contributed by atoms with Crippen LogP contribution < -0.4 is 15.0 Å². The maximum atomic E-state index is 13.6. The first-order valence-electron chi connectivity index (χ1n) is 12.6. The van der Waals surface area contributed by atoms with Gasteiger partial charge < -0.3 is 24.6 Å². The molecular formula is C28H37N3O4. The summed E-state index contributed by atoms with van der Waals surface area (Å²) in [4.78, 5) is 30.2. The Morgan fingerprint density at radius 1 is 1.03 bits per heavy atom. The Morgan fingerprint density at radius 3 is 2.40 bits per heavy atom. The van der Waals surface area contributed by atoms with Gasteiger partial charge in [0.1, 0.15) is 5.75 Å². The van der Waals surface area contributed by atoms with Gasteiger partial charge in [-0.05, 0) is 73.7 Å². The minimum absolute atomic E-state index is 0.0326. The first-order chi connectivity index (χ1) is 16.9. The van der Waals surface area contributed by atoms with E-state index in [0.29, 0.717) is 24.4 Å². The Kier molecular flexibility index (Phi) is 8.29. The van der Waals surface area contributed by atoms with Gasteiger partial charge in [0.05, 0.1) is 13.2 Å². The van der Waals surface area contributed by atoms with Crippen molar-refractivity contribution in [3.63, 3.8) is 0 Å². The third kappa shape index (κ3) is 6.34. The first-order valence-corrected chi connectivity index (χ1v) is 12.6. The molecule has 1 unspecified atom stereocenters. The fourth-order valence-corrected chi connectivity index (χ4v) is 5.03. The molecule has 2 amide bonds. The summed E-state index contributed by atoms with van der Waals surface area (Å²) in [5.74, 6) is 0.859. The third-order valence-electron chi connectivity index (χ3n) is 6.99. The summed E-state index contributed by atoms with van der Waals surface area (Å²) in [6, 6.07) is 13.2. The van der Waals surface area contributed by atoms with E-state index in [1.165, 1.54) is 0 Å². The summed E-state index contributed by atoms with van der Waals surface area (Å²) >= 11 is 0. The number of ether oxygens (including phenoxy) is 2. The Bertz CT molecular complexity index is 1010. The van der Waals surface area contributed by atoms with E-state index in [1.54, 1.807) is 19.2 Å². The highest BCUT2D eigenvalue weighted by Crippen LogP contribution is 2.29. The van der Waals surface area contributed by atoms with Crippen LogP contribution in [0.3, 0.4) is 0 Å². The number of nitrogens with one attached hydrogen (secondary N) is 1. The highest BCUT2D eigenvalue weighted by molar-refractivity contribution is 5.95. The maximum Gasteiger partial charge on any atom is 0.254 e. The Balaban J connectivity index is 1.59. The van der Waals surface area contributed by atoms with Crippen LogP contribution in [-0.2, 0) is 16.1 Å². The Morgan fingerprint density at radius 2 is 1.77 bits per heavy atom. The minimum Gasteiger partial charge on any atom is -0.497 e. The van der Waals surface area contributed by atoms with E-state index in [1.807, 2.05) is 54.2 Å². The predicted molar refractivity (Wildman–Crippen MR) is 138 cm³/mol. The molecule has 2 aromatic carbocycles. The number of nitrogens with zero attached hydrogens (tertiary/aromatic N) is 2. The van der Waals surface area contributed by atoms with Gasteiger partial charge in [-0.3, -0.25) is 9.59 Å². The summed E-state index contributed by atoms with van der Waals surface area (Å²) in [5.41, 5.74) is 3.39. The molecule has 2 aromatic rings. The molecule has 1 saturated heterocycles. The average Bonchev–Trinajstić information content (AvgIpc) is 3.58. The highest BCUT2D eigenvalue weighted by Gasteiger charge is 2.26. The number of carbonyl (C=O) groups excluding carboxylic acids is 2. The normalized spacial score (nSPS) is 17.9. The molecule has 2 aliphatic rings. The largest absolute Gasteiger partial charge is 0.497 e. The molecule has 2 fully saturated rings. The van der Waals surface area contributed by atoms with Crippen LogP contribution in [0.15, 0.2) is 42.5 Å². The quantitative estimate of drug-likeness (QED) is 0.564. The van der Waals surface area contributed by atoms with Gasteiger partial charge in [0.15, 0.2) is 0 Å². The molecule has 1 aliphatic carbocycles. The van der Waals surface area contributed by atoms with E-state index in [4.69, 9.17) is 9.47 Å². The molecule has 1 aliphatic heterocycles. The van der Waals surface area contributed by atoms with Gasteiger partial charge in [-0.1, -0.05) is 12.8 Å². The number of carbonyl (C=O) groups is 2. The van der Waals surface area contributed by atoms with Crippen LogP contribution in [0, 0.1) is 5.92 Å². The predicted octanol–water partition coefficient (Wildman–Crippen LogP) is 4.71. The Hall–Kier alpha value is -3.06. The van der Waals surface area contributed by atoms with Crippen molar-refractivity contribution in [3.05, 3.63) is 53.6 Å². The van der Waals surface area contributed by atoms with Crippen molar-refractivity contribution in [3.8, 4) is 5.75 Å². The molecular weight excluding hydrogens is 442 g/mol. The lowest BCUT2D eigenvalue weighted by molar-refractivity contribution is -0.119. The zero-order chi connectivity index (χ0) is 24.8. The smallest absolute Gasteiger partial charge is 0.254 e. The standard InChI is InChI=1S/C28H37N3O4/c1-30(2)26-15-12-23(29-27(32)20-7-4-5-8-20)17-22(26)18-31(19-25-9-6-16-35-25)28(33)21-10-13-24(34-3)14-11-21/h10-15,17,20,25H,4-9,16,18-19H2,1-3H3,(H,29,32). The number of amides is 2. The van der Waals surface area contributed by atoms with E-state index in [-0.39, 0.29) is 23.8 Å². The van der Waals surface area contributed by atoms with Crippen molar-refractivity contribution in [2.45, 2.75) is 51.2 Å². The topological polar surface area (TPSA) is 71.1 Å². The van der Waals surface area contributed by atoms with E-state index >= 15 is 0 Å². The maximum absolute atomic E-state index is 13.6. The van der Waals surface area contributed by atoms with Gasteiger partial charge in [0.25, 0.3) is 5.91 Å². The van der Waals surface area contributed by atoms with E-state index in [9.17, 15) is 9.59 Å². The molecule has 1 saturated carbocycles. The van der Waals surface area contributed by atoms with Crippen molar-refractivity contribution < 1.29 is 19.1 Å². The average molecular weight is 480 g/mol. The number of anilines is 2. The summed E-state index contributed by atoms with van der Waals surface area (Å²) in [7, 11) is 5.60. The molecule has 4 rings (SSSR count). The van der Waals surface area contributed by atoms with Crippen molar-refractivity contribution in [2.24, 2.45) is 5.92 Å². The zero-order valence-corrected chi connectivity index (χ0v) is 21.1. The third-order valence-corrected chi connectivity index (χ3v) is 6.99. The highest BCUT2D eigenvalue weighted by atomic mass is 16.5. The molecule has 35 heavy (non-hydrogen) atoms. The van der Waals surface area contributed by atoms with Gasteiger partial charge in [0, 0.05) is 56.6 Å². The summed E-state index contributed by atoms with van der Waals surface area (Å²) in [5, 5.41) is 3.11. The second-order valence-electron chi connectivity index (χ2n) is 9.76. The lowest BCUT2D eigenvalue weighted by atomic mass is 10.1. The number of hydrogen-bond donors (Lipinski definition) is 1. The van der Waals surface area contributed by atoms with Crippen molar-refractivity contribution >= 4 is 23.2 Å². The minimum atomic E-state index is -0.0479. The fourth-order valence-electron chi connectivity index (χ4n) is 5.03. The molecule has 7 nitrogen and oxygen atoms in total. The van der Waals surface area contributed by atoms with Crippen molar-refractivity contribution in [1.29, 1.82) is 0 Å². The van der Waals surface area contributed by atoms with Gasteiger partial charge in [-0.2, -0.15) is 0 Å². The van der Waals surface area contributed by atoms with Gasteiger partial charge in [-0.25, -0.2) is 0 Å². The zero-order valence-electron chi connectivity index (χ0n) is 21.1. The van der Waals surface area contributed by atoms with E-state index in [2.05, 4.69) is 5.32 Å². The van der Waals surface area contributed by atoms with Crippen LogP contribution in [0.25, 0.3) is 0 Å². The molecule has 7 heteroatoms. The Labute approximate surface area is 208 Å². The van der Waals surface area contributed by atoms with Crippen LogP contribution in [0.4, 0.5) is 11.4 Å². The molecule has 0 spiro atoms. The lowest BCUT2D eigenvalue weighted by Gasteiger charge is -2.28. The van der Waals surface area contributed by atoms with Crippen LogP contribution in [0.2, 0.25) is 0 Å². The molecule has 0 radical (unpaired) electrons. The van der Waals surface area contributed by atoms with Crippen LogP contribution in [0.5, 0.6) is 5.75 Å². The van der Waals surface area contributed by atoms with Crippen LogP contribution >= 0.6 is 0 Å². The summed E-state index contributed by atoms with van der Waals surface area (Å²) in [6.45, 7) is 1.68. The van der Waals surface area contributed by atoms with Crippen LogP contribution in [-0.4, -0.2) is 57.2 Å². The fraction of sp³-hybridized carbons (Fsp3) is 0.500. The molecule has 0 bridgehead atoms. The van der Waals surface area contributed by atoms with E-state index < -0.39 is 0 Å². The van der Waals surface area contributed by atoms with Gasteiger partial charge >= 0.3 is 0 Å².